The van der Waals surface area contributed by atoms with Crippen LogP contribution in [0.2, 0.25) is 0 Å². The van der Waals surface area contributed by atoms with Crippen LogP contribution in [0, 0.1) is 0 Å². The van der Waals surface area contributed by atoms with Gasteiger partial charge in [0.1, 0.15) is 0 Å². The van der Waals surface area contributed by atoms with Crippen molar-refractivity contribution in [2.75, 3.05) is 26.3 Å². The van der Waals surface area contributed by atoms with Crippen molar-refractivity contribution < 1.29 is 9.53 Å². The van der Waals surface area contributed by atoms with E-state index >= 15 is 0 Å². The van der Waals surface area contributed by atoms with E-state index in [1.165, 1.54) is 0 Å². The number of aromatic nitrogens is 2. The molecule has 0 aromatic carbocycles. The molecule has 3 rings (SSSR count). The Balaban J connectivity index is 1.69. The van der Waals surface area contributed by atoms with Gasteiger partial charge in [-0.1, -0.05) is 0 Å². The molecule has 17 heavy (non-hydrogen) atoms. The van der Waals surface area contributed by atoms with Gasteiger partial charge in [0.25, 0.3) is 0 Å². The molecule has 0 radical (unpaired) electrons. The first kappa shape index (κ1) is 10.7. The van der Waals surface area contributed by atoms with Crippen molar-refractivity contribution in [3.63, 3.8) is 0 Å². The third-order valence-corrected chi connectivity index (χ3v) is 3.61. The van der Waals surface area contributed by atoms with Gasteiger partial charge >= 0.3 is 0 Å². The summed E-state index contributed by atoms with van der Waals surface area (Å²) in [6.07, 6.45) is 4.26. The fourth-order valence-electron chi connectivity index (χ4n) is 1.94. The third kappa shape index (κ3) is 2.18. The first-order valence-electron chi connectivity index (χ1n) is 5.59. The van der Waals surface area contributed by atoms with Gasteiger partial charge < -0.3 is 9.64 Å². The molecule has 0 aliphatic carbocycles. The summed E-state index contributed by atoms with van der Waals surface area (Å²) in [5, 5.41) is 1.98. The van der Waals surface area contributed by atoms with E-state index in [1.807, 2.05) is 27.1 Å². The van der Waals surface area contributed by atoms with Crippen molar-refractivity contribution in [3.05, 3.63) is 23.5 Å². The second kappa shape index (κ2) is 4.46. The van der Waals surface area contributed by atoms with E-state index in [9.17, 15) is 4.79 Å². The highest BCUT2D eigenvalue weighted by Gasteiger charge is 2.18. The zero-order valence-corrected chi connectivity index (χ0v) is 10.2. The maximum Gasteiger partial charge on any atom is 0.228 e. The molecule has 2 aromatic rings. The van der Waals surface area contributed by atoms with Gasteiger partial charge in [0, 0.05) is 30.9 Å². The Bertz CT molecular complexity index is 499. The summed E-state index contributed by atoms with van der Waals surface area (Å²) in [6.45, 7) is 2.68. The second-order valence-electron chi connectivity index (χ2n) is 4.00. The molecule has 0 spiro atoms. The number of fused-ring (bicyclic) bond motifs is 1. The molecule has 1 aliphatic rings. The Kier molecular flexibility index (Phi) is 2.82. The van der Waals surface area contributed by atoms with Crippen molar-refractivity contribution in [2.24, 2.45) is 0 Å². The van der Waals surface area contributed by atoms with Crippen LogP contribution in [-0.4, -0.2) is 46.5 Å². The highest BCUT2D eigenvalue weighted by atomic mass is 32.1. The van der Waals surface area contributed by atoms with Crippen molar-refractivity contribution >= 4 is 22.2 Å². The monoisotopic (exact) mass is 251 g/mol. The van der Waals surface area contributed by atoms with Crippen LogP contribution in [-0.2, 0) is 16.0 Å². The van der Waals surface area contributed by atoms with Gasteiger partial charge in [-0.2, -0.15) is 0 Å². The first-order valence-corrected chi connectivity index (χ1v) is 6.47. The van der Waals surface area contributed by atoms with E-state index < -0.39 is 0 Å². The molecular formula is C11H13N3O2S. The summed E-state index contributed by atoms with van der Waals surface area (Å²) in [5.74, 6) is 0.138. The molecular weight excluding hydrogens is 238 g/mol. The number of hydrogen-bond donors (Lipinski definition) is 0. The topological polar surface area (TPSA) is 46.8 Å². The summed E-state index contributed by atoms with van der Waals surface area (Å²) in [5.41, 5.74) is 0.841. The third-order valence-electron chi connectivity index (χ3n) is 2.84. The lowest BCUT2D eigenvalue weighted by Gasteiger charge is -2.26. The molecule has 2 aromatic heterocycles. The van der Waals surface area contributed by atoms with E-state index in [-0.39, 0.29) is 5.91 Å². The van der Waals surface area contributed by atoms with Crippen LogP contribution in [0.1, 0.15) is 5.69 Å². The molecule has 0 bridgehead atoms. The number of thiazole rings is 1. The van der Waals surface area contributed by atoms with E-state index in [0.29, 0.717) is 32.7 Å². The van der Waals surface area contributed by atoms with E-state index in [4.69, 9.17) is 4.74 Å². The van der Waals surface area contributed by atoms with Crippen LogP contribution in [0.3, 0.4) is 0 Å². The standard InChI is InChI=1S/C11H13N3O2S/c15-10(13-1-4-16-5-2-13)7-9-8-14-3-6-17-11(14)12-9/h3,6,8H,1-2,4-5,7H2. The van der Waals surface area contributed by atoms with Gasteiger partial charge in [-0.15, -0.1) is 11.3 Å². The molecule has 6 heteroatoms. The lowest BCUT2D eigenvalue weighted by Crippen LogP contribution is -2.41. The molecule has 0 saturated carbocycles. The minimum absolute atomic E-state index is 0.138. The fourth-order valence-corrected chi connectivity index (χ4v) is 2.66. The number of rotatable bonds is 2. The number of carbonyl (C=O) groups is 1. The minimum atomic E-state index is 0.138. The number of carbonyl (C=O) groups excluding carboxylic acids is 1. The van der Waals surface area contributed by atoms with Gasteiger partial charge in [-0.3, -0.25) is 9.20 Å². The summed E-state index contributed by atoms with van der Waals surface area (Å²) in [4.78, 5) is 19.2. The maximum absolute atomic E-state index is 12.0. The van der Waals surface area contributed by atoms with Gasteiger partial charge in [0.15, 0.2) is 4.96 Å². The van der Waals surface area contributed by atoms with Gasteiger partial charge in [0.2, 0.25) is 5.91 Å². The van der Waals surface area contributed by atoms with Crippen molar-refractivity contribution in [1.82, 2.24) is 14.3 Å². The van der Waals surface area contributed by atoms with E-state index in [0.717, 1.165) is 10.7 Å². The molecule has 1 saturated heterocycles. The molecule has 3 heterocycles. The Morgan fingerprint density at radius 2 is 2.29 bits per heavy atom. The molecule has 0 unspecified atom stereocenters. The minimum Gasteiger partial charge on any atom is -0.378 e. The Morgan fingerprint density at radius 1 is 1.47 bits per heavy atom. The Morgan fingerprint density at radius 3 is 3.06 bits per heavy atom. The quantitative estimate of drug-likeness (QED) is 0.793. The van der Waals surface area contributed by atoms with Gasteiger partial charge in [0.05, 0.1) is 25.3 Å². The normalized spacial score (nSPS) is 16.6. The average molecular weight is 251 g/mol. The molecule has 1 aliphatic heterocycles. The Labute approximate surface area is 103 Å². The average Bonchev–Trinajstić information content (AvgIpc) is 2.90. The largest absolute Gasteiger partial charge is 0.378 e. The molecule has 1 amide bonds. The predicted octanol–water partition coefficient (Wildman–Crippen LogP) is 0.797. The summed E-state index contributed by atoms with van der Waals surface area (Å²) in [7, 11) is 0. The molecule has 1 fully saturated rings. The lowest BCUT2D eigenvalue weighted by molar-refractivity contribution is -0.134. The highest BCUT2D eigenvalue weighted by Crippen LogP contribution is 2.12. The van der Waals surface area contributed by atoms with Crippen LogP contribution in [0.15, 0.2) is 17.8 Å². The van der Waals surface area contributed by atoms with E-state index in [1.54, 1.807) is 11.3 Å². The van der Waals surface area contributed by atoms with Crippen molar-refractivity contribution in [3.8, 4) is 0 Å². The van der Waals surface area contributed by atoms with Crippen LogP contribution in [0.25, 0.3) is 4.96 Å². The van der Waals surface area contributed by atoms with Crippen molar-refractivity contribution in [2.45, 2.75) is 6.42 Å². The van der Waals surface area contributed by atoms with Crippen molar-refractivity contribution in [1.29, 1.82) is 0 Å². The summed E-state index contributed by atoms with van der Waals surface area (Å²) >= 11 is 1.58. The van der Waals surface area contributed by atoms with Crippen LogP contribution >= 0.6 is 11.3 Å². The molecule has 90 valence electrons. The lowest BCUT2D eigenvalue weighted by atomic mass is 10.3. The van der Waals surface area contributed by atoms with Gasteiger partial charge in [-0.25, -0.2) is 4.98 Å². The number of nitrogens with zero attached hydrogens (tertiary/aromatic N) is 3. The first-order chi connectivity index (χ1) is 8.33. The SMILES string of the molecule is O=C(Cc1cn2ccsc2n1)N1CCOCC1. The van der Waals surface area contributed by atoms with Gasteiger partial charge in [-0.05, 0) is 0 Å². The molecule has 0 atom stereocenters. The number of hydrogen-bond acceptors (Lipinski definition) is 4. The molecule has 5 nitrogen and oxygen atoms in total. The van der Waals surface area contributed by atoms with Crippen LogP contribution in [0.5, 0.6) is 0 Å². The summed E-state index contributed by atoms with van der Waals surface area (Å²) < 4.78 is 7.17. The fraction of sp³-hybridized carbons (Fsp3) is 0.455. The number of amides is 1. The second-order valence-corrected chi connectivity index (χ2v) is 4.87. The van der Waals surface area contributed by atoms with Crippen LogP contribution in [0.4, 0.5) is 0 Å². The number of imidazole rings is 1. The molecule has 0 N–H and O–H groups in total. The van der Waals surface area contributed by atoms with E-state index in [2.05, 4.69) is 4.98 Å². The zero-order valence-electron chi connectivity index (χ0n) is 9.33. The maximum atomic E-state index is 12.0. The van der Waals surface area contributed by atoms with Crippen LogP contribution < -0.4 is 0 Å². The smallest absolute Gasteiger partial charge is 0.228 e. The zero-order chi connectivity index (χ0) is 11.7. The number of ether oxygens (including phenoxy) is 1. The number of morpholine rings is 1. The predicted molar refractivity (Wildman–Crippen MR) is 64.2 cm³/mol. The summed E-state index contributed by atoms with van der Waals surface area (Å²) in [6, 6.07) is 0. The Hall–Kier alpha value is -1.40. The highest BCUT2D eigenvalue weighted by molar-refractivity contribution is 7.15.